The van der Waals surface area contributed by atoms with Gasteiger partial charge in [0, 0.05) is 25.6 Å². The molecule has 1 aromatic rings. The van der Waals surface area contributed by atoms with E-state index in [1.807, 2.05) is 0 Å². The molecule has 92 valence electrons. The van der Waals surface area contributed by atoms with Gasteiger partial charge in [-0.25, -0.2) is 0 Å². The molecule has 6 heteroatoms. The molecule has 0 unspecified atom stereocenters. The van der Waals surface area contributed by atoms with Crippen molar-refractivity contribution in [3.05, 3.63) is 11.9 Å². The zero-order valence-electron chi connectivity index (χ0n) is 9.67. The molecule has 6 nitrogen and oxygen atoms in total. The molecule has 2 atom stereocenters. The van der Waals surface area contributed by atoms with Crippen molar-refractivity contribution >= 4 is 5.91 Å². The van der Waals surface area contributed by atoms with Crippen molar-refractivity contribution < 1.29 is 4.79 Å². The summed E-state index contributed by atoms with van der Waals surface area (Å²) in [6.45, 7) is 2.97. The average Bonchev–Trinajstić information content (AvgIpc) is 2.91. The molecule has 0 radical (unpaired) electrons. The number of aromatic nitrogens is 3. The number of rotatable bonds is 3. The first-order chi connectivity index (χ1) is 8.22. The Hall–Kier alpha value is -1.43. The Morgan fingerprint density at radius 1 is 1.47 bits per heavy atom. The number of carbonyl (C=O) groups is 1. The molecule has 2 heterocycles. The topological polar surface area (TPSA) is 87.9 Å². The molecule has 1 saturated heterocycles. The first kappa shape index (κ1) is 10.7. The van der Waals surface area contributed by atoms with Crippen molar-refractivity contribution in [2.75, 3.05) is 13.1 Å². The second-order valence-corrected chi connectivity index (χ2v) is 5.25. The number of hydrogen-bond donors (Lipinski definition) is 2. The summed E-state index contributed by atoms with van der Waals surface area (Å²) in [5, 5.41) is 10.5. The molecule has 0 bridgehead atoms. The van der Waals surface area contributed by atoms with E-state index in [9.17, 15) is 4.79 Å². The second kappa shape index (κ2) is 4.10. The van der Waals surface area contributed by atoms with Crippen molar-refractivity contribution in [2.45, 2.75) is 19.4 Å². The molecule has 1 aromatic heterocycles. The van der Waals surface area contributed by atoms with E-state index in [1.54, 1.807) is 6.20 Å². The average molecular weight is 235 g/mol. The minimum absolute atomic E-state index is 0.110. The maximum Gasteiger partial charge on any atom is 0.220 e. The second-order valence-electron chi connectivity index (χ2n) is 5.25. The van der Waals surface area contributed by atoms with E-state index in [2.05, 4.69) is 20.3 Å². The van der Waals surface area contributed by atoms with Crippen LogP contribution in [0, 0.1) is 17.8 Å². The lowest BCUT2D eigenvalue weighted by atomic mass is 10.0. The molecule has 1 saturated carbocycles. The van der Waals surface area contributed by atoms with Crippen LogP contribution in [0.1, 0.15) is 18.5 Å². The van der Waals surface area contributed by atoms with Crippen LogP contribution in [0.15, 0.2) is 6.20 Å². The maximum atomic E-state index is 11.2. The van der Waals surface area contributed by atoms with Crippen LogP contribution in [0.2, 0.25) is 0 Å². The van der Waals surface area contributed by atoms with E-state index in [1.165, 1.54) is 0 Å². The van der Waals surface area contributed by atoms with Crippen molar-refractivity contribution in [1.29, 1.82) is 0 Å². The first-order valence-corrected chi connectivity index (χ1v) is 6.08. The van der Waals surface area contributed by atoms with E-state index < -0.39 is 0 Å². The molecular weight excluding hydrogens is 218 g/mol. The van der Waals surface area contributed by atoms with Crippen LogP contribution < -0.4 is 5.73 Å². The van der Waals surface area contributed by atoms with E-state index >= 15 is 0 Å². The number of amides is 1. The Morgan fingerprint density at radius 2 is 2.18 bits per heavy atom. The molecule has 2 aliphatic rings. The monoisotopic (exact) mass is 235 g/mol. The number of hydrogen-bond acceptors (Lipinski definition) is 4. The van der Waals surface area contributed by atoms with E-state index in [4.69, 9.17) is 5.73 Å². The summed E-state index contributed by atoms with van der Waals surface area (Å²) < 4.78 is 0. The summed E-state index contributed by atoms with van der Waals surface area (Å²) in [7, 11) is 0. The van der Waals surface area contributed by atoms with E-state index in [0.717, 1.165) is 38.2 Å². The van der Waals surface area contributed by atoms with Crippen LogP contribution in [0.4, 0.5) is 0 Å². The SMILES string of the molecule is NC(=O)C1C[C@@H]2CN(Cc3cn[nH]n3)C[C@H]2C1. The van der Waals surface area contributed by atoms with Gasteiger partial charge in [-0.05, 0) is 24.7 Å². The highest BCUT2D eigenvalue weighted by molar-refractivity contribution is 5.77. The van der Waals surface area contributed by atoms with Crippen LogP contribution in [0.5, 0.6) is 0 Å². The van der Waals surface area contributed by atoms with Crippen molar-refractivity contribution in [2.24, 2.45) is 23.5 Å². The molecule has 3 rings (SSSR count). The van der Waals surface area contributed by atoms with Crippen molar-refractivity contribution in [3.8, 4) is 0 Å². The Morgan fingerprint density at radius 3 is 2.71 bits per heavy atom. The quantitative estimate of drug-likeness (QED) is 0.756. The van der Waals surface area contributed by atoms with Gasteiger partial charge in [-0.2, -0.15) is 15.4 Å². The molecule has 1 aliphatic carbocycles. The zero-order valence-corrected chi connectivity index (χ0v) is 9.67. The molecule has 3 N–H and O–H groups in total. The predicted octanol–water partition coefficient (Wildman–Crippen LogP) is -0.252. The van der Waals surface area contributed by atoms with Gasteiger partial charge in [-0.1, -0.05) is 0 Å². The summed E-state index contributed by atoms with van der Waals surface area (Å²) in [5.41, 5.74) is 6.35. The highest BCUT2D eigenvalue weighted by Gasteiger charge is 2.42. The normalized spacial score (nSPS) is 29.6. The Balaban J connectivity index is 1.57. The minimum atomic E-state index is -0.123. The number of aromatic amines is 1. The van der Waals surface area contributed by atoms with Gasteiger partial charge < -0.3 is 5.73 Å². The number of H-pyrrole nitrogens is 1. The standard InChI is InChI=1S/C11H17N5O/c12-11(17)7-1-8-4-16(5-9(8)2-7)6-10-3-13-15-14-10/h3,7-9H,1-2,4-6H2,(H2,12,17)(H,13,14,15)/t8-,9-/m1/s1. The zero-order chi connectivity index (χ0) is 11.8. The molecule has 1 amide bonds. The lowest BCUT2D eigenvalue weighted by Gasteiger charge is -2.16. The highest BCUT2D eigenvalue weighted by Crippen LogP contribution is 2.41. The fourth-order valence-corrected chi connectivity index (χ4v) is 3.29. The maximum absolute atomic E-state index is 11.2. The first-order valence-electron chi connectivity index (χ1n) is 6.08. The van der Waals surface area contributed by atoms with E-state index in [0.29, 0.717) is 11.8 Å². The third-order valence-corrected chi connectivity index (χ3v) is 4.08. The number of carbonyl (C=O) groups excluding carboxylic acids is 1. The minimum Gasteiger partial charge on any atom is -0.369 e. The van der Waals surface area contributed by atoms with Gasteiger partial charge in [-0.3, -0.25) is 9.69 Å². The summed E-state index contributed by atoms with van der Waals surface area (Å²) in [4.78, 5) is 13.6. The van der Waals surface area contributed by atoms with Crippen LogP contribution in [0.3, 0.4) is 0 Å². The smallest absolute Gasteiger partial charge is 0.220 e. The summed E-state index contributed by atoms with van der Waals surface area (Å²) >= 11 is 0. The van der Waals surface area contributed by atoms with Gasteiger partial charge in [0.25, 0.3) is 0 Å². The van der Waals surface area contributed by atoms with Gasteiger partial charge in [0.15, 0.2) is 0 Å². The third-order valence-electron chi connectivity index (χ3n) is 4.08. The third kappa shape index (κ3) is 2.04. The Kier molecular flexibility index (Phi) is 2.58. The van der Waals surface area contributed by atoms with Gasteiger partial charge in [0.1, 0.15) is 0 Å². The largest absolute Gasteiger partial charge is 0.369 e. The Labute approximate surface area is 99.6 Å². The summed E-state index contributed by atoms with van der Waals surface area (Å²) in [6.07, 6.45) is 3.70. The summed E-state index contributed by atoms with van der Waals surface area (Å²) in [5.74, 6) is 1.26. The molecular formula is C11H17N5O. The van der Waals surface area contributed by atoms with Crippen LogP contribution >= 0.6 is 0 Å². The molecule has 2 fully saturated rings. The Bertz CT molecular complexity index is 390. The summed E-state index contributed by atoms with van der Waals surface area (Å²) in [6, 6.07) is 0. The number of fused-ring (bicyclic) bond motifs is 1. The van der Waals surface area contributed by atoms with Gasteiger partial charge >= 0.3 is 0 Å². The van der Waals surface area contributed by atoms with Crippen LogP contribution in [-0.2, 0) is 11.3 Å². The lowest BCUT2D eigenvalue weighted by molar-refractivity contribution is -0.121. The lowest BCUT2D eigenvalue weighted by Crippen LogP contribution is -2.26. The number of likely N-dealkylation sites (tertiary alicyclic amines) is 1. The van der Waals surface area contributed by atoms with Crippen molar-refractivity contribution in [3.63, 3.8) is 0 Å². The fourth-order valence-electron chi connectivity index (χ4n) is 3.29. The van der Waals surface area contributed by atoms with E-state index in [-0.39, 0.29) is 11.8 Å². The molecule has 0 spiro atoms. The predicted molar refractivity (Wildman–Crippen MR) is 60.6 cm³/mol. The number of nitrogens with one attached hydrogen (secondary N) is 1. The van der Waals surface area contributed by atoms with Gasteiger partial charge in [-0.15, -0.1) is 0 Å². The number of nitrogens with zero attached hydrogens (tertiary/aromatic N) is 3. The number of primary amides is 1. The number of nitrogens with two attached hydrogens (primary N) is 1. The van der Waals surface area contributed by atoms with Crippen LogP contribution in [0.25, 0.3) is 0 Å². The van der Waals surface area contributed by atoms with Crippen LogP contribution in [-0.4, -0.2) is 39.3 Å². The fraction of sp³-hybridized carbons (Fsp3) is 0.727. The molecule has 17 heavy (non-hydrogen) atoms. The van der Waals surface area contributed by atoms with Gasteiger partial charge in [0.05, 0.1) is 11.9 Å². The van der Waals surface area contributed by atoms with Gasteiger partial charge in [0.2, 0.25) is 5.91 Å². The highest BCUT2D eigenvalue weighted by atomic mass is 16.1. The molecule has 0 aromatic carbocycles. The molecule has 1 aliphatic heterocycles. The van der Waals surface area contributed by atoms with Crippen molar-refractivity contribution in [1.82, 2.24) is 20.3 Å².